The van der Waals surface area contributed by atoms with Crippen LogP contribution in [-0.2, 0) is 11.3 Å². The molecule has 0 radical (unpaired) electrons. The van der Waals surface area contributed by atoms with Gasteiger partial charge < -0.3 is 10.0 Å². The van der Waals surface area contributed by atoms with Crippen molar-refractivity contribution in [2.45, 2.75) is 30.7 Å². The number of thioether (sulfide) groups is 1. The smallest absolute Gasteiger partial charge is 0.303 e. The summed E-state index contributed by atoms with van der Waals surface area (Å²) in [6.45, 7) is 1.86. The summed E-state index contributed by atoms with van der Waals surface area (Å²) < 4.78 is 0. The lowest BCUT2D eigenvalue weighted by Crippen LogP contribution is -2.19. The summed E-state index contributed by atoms with van der Waals surface area (Å²) in [5.74, 6) is -0.703. The molecule has 4 heteroatoms. The highest BCUT2D eigenvalue weighted by Gasteiger charge is 2.02. The van der Waals surface area contributed by atoms with Crippen LogP contribution in [0.3, 0.4) is 0 Å². The molecule has 0 aliphatic rings. The van der Waals surface area contributed by atoms with Crippen molar-refractivity contribution in [2.24, 2.45) is 0 Å². The highest BCUT2D eigenvalue weighted by atomic mass is 32.2. The predicted molar refractivity (Wildman–Crippen MR) is 76.0 cm³/mol. The zero-order valence-electron chi connectivity index (χ0n) is 11.1. The lowest BCUT2D eigenvalue weighted by Gasteiger charge is -2.16. The lowest BCUT2D eigenvalue weighted by molar-refractivity contribution is -0.137. The van der Waals surface area contributed by atoms with Crippen molar-refractivity contribution in [3.8, 4) is 0 Å². The molecule has 0 saturated carbocycles. The number of hydrogen-bond donors (Lipinski definition) is 1. The maximum absolute atomic E-state index is 10.4. The third kappa shape index (κ3) is 6.07. The van der Waals surface area contributed by atoms with E-state index in [1.54, 1.807) is 11.8 Å². The molecule has 0 atom stereocenters. The van der Waals surface area contributed by atoms with Crippen LogP contribution in [0.5, 0.6) is 0 Å². The summed E-state index contributed by atoms with van der Waals surface area (Å²) in [6, 6.07) is 8.58. The van der Waals surface area contributed by atoms with Crippen LogP contribution in [0.4, 0.5) is 0 Å². The van der Waals surface area contributed by atoms with Crippen LogP contribution in [0.1, 0.15) is 24.8 Å². The number of benzene rings is 1. The molecule has 0 aliphatic heterocycles. The van der Waals surface area contributed by atoms with Gasteiger partial charge in [-0.1, -0.05) is 12.1 Å². The Hall–Kier alpha value is -1.00. The van der Waals surface area contributed by atoms with Crippen molar-refractivity contribution < 1.29 is 9.90 Å². The zero-order chi connectivity index (χ0) is 13.4. The minimum Gasteiger partial charge on any atom is -0.481 e. The fraction of sp³-hybridized carbons (Fsp3) is 0.500. The van der Waals surface area contributed by atoms with E-state index in [1.807, 2.05) is 0 Å². The molecule has 18 heavy (non-hydrogen) atoms. The van der Waals surface area contributed by atoms with Crippen LogP contribution in [0.15, 0.2) is 29.2 Å². The summed E-state index contributed by atoms with van der Waals surface area (Å²) >= 11 is 1.75. The molecule has 1 aromatic rings. The van der Waals surface area contributed by atoms with Crippen LogP contribution >= 0.6 is 11.8 Å². The van der Waals surface area contributed by atoms with E-state index < -0.39 is 5.97 Å². The molecule has 0 bridgehead atoms. The Labute approximate surface area is 113 Å². The number of hydrogen-bond acceptors (Lipinski definition) is 3. The molecular weight excluding hydrogens is 246 g/mol. The van der Waals surface area contributed by atoms with E-state index in [-0.39, 0.29) is 6.42 Å². The molecule has 0 aliphatic carbocycles. The van der Waals surface area contributed by atoms with Gasteiger partial charge in [0, 0.05) is 17.9 Å². The second kappa shape index (κ2) is 8.16. The molecule has 0 aromatic heterocycles. The molecule has 3 nitrogen and oxygen atoms in total. The Balaban J connectivity index is 2.26. The number of carbonyl (C=O) groups is 1. The van der Waals surface area contributed by atoms with Crippen LogP contribution in [0.2, 0.25) is 0 Å². The fourth-order valence-electron chi connectivity index (χ4n) is 1.78. The van der Waals surface area contributed by atoms with E-state index in [4.69, 9.17) is 5.11 Å². The molecule has 0 unspecified atom stereocenters. The van der Waals surface area contributed by atoms with Crippen molar-refractivity contribution in [3.63, 3.8) is 0 Å². The molecule has 0 fully saturated rings. The number of nitrogens with zero attached hydrogens (tertiary/aromatic N) is 1. The summed E-state index contributed by atoms with van der Waals surface area (Å²) in [4.78, 5) is 13.9. The first-order chi connectivity index (χ1) is 8.61. The van der Waals surface area contributed by atoms with Crippen LogP contribution in [0, 0.1) is 0 Å². The molecule has 1 rings (SSSR count). The summed E-state index contributed by atoms with van der Waals surface area (Å²) in [6.07, 6.45) is 4.04. The average molecular weight is 267 g/mol. The van der Waals surface area contributed by atoms with Gasteiger partial charge in [0.25, 0.3) is 0 Å². The first-order valence-electron chi connectivity index (χ1n) is 6.15. The van der Waals surface area contributed by atoms with E-state index in [0.29, 0.717) is 0 Å². The van der Waals surface area contributed by atoms with E-state index >= 15 is 0 Å². The van der Waals surface area contributed by atoms with E-state index in [0.717, 1.165) is 25.9 Å². The highest BCUT2D eigenvalue weighted by molar-refractivity contribution is 7.98. The number of carboxylic acids is 1. The second-order valence-electron chi connectivity index (χ2n) is 4.44. The standard InChI is InChI=1S/C14H21NO2S/c1-15(10-4-3-5-14(16)17)11-12-6-8-13(18-2)9-7-12/h6-9H,3-5,10-11H2,1-2H3,(H,16,17). The molecule has 0 amide bonds. The summed E-state index contributed by atoms with van der Waals surface area (Å²) in [7, 11) is 2.07. The van der Waals surface area contributed by atoms with Gasteiger partial charge >= 0.3 is 5.97 Å². The summed E-state index contributed by atoms with van der Waals surface area (Å²) in [5.41, 5.74) is 1.30. The molecule has 0 heterocycles. The predicted octanol–water partition coefficient (Wildman–Crippen LogP) is 3.10. The zero-order valence-corrected chi connectivity index (χ0v) is 11.9. The molecule has 1 N–H and O–H groups in total. The maximum atomic E-state index is 10.4. The van der Waals surface area contributed by atoms with E-state index in [2.05, 4.69) is 42.5 Å². The van der Waals surface area contributed by atoms with Gasteiger partial charge in [-0.25, -0.2) is 0 Å². The van der Waals surface area contributed by atoms with Gasteiger partial charge in [0.2, 0.25) is 0 Å². The van der Waals surface area contributed by atoms with Crippen LogP contribution in [0.25, 0.3) is 0 Å². The topological polar surface area (TPSA) is 40.5 Å². The first kappa shape index (κ1) is 15.1. The summed E-state index contributed by atoms with van der Waals surface area (Å²) in [5, 5.41) is 8.55. The third-order valence-corrected chi connectivity index (χ3v) is 3.54. The molecule has 0 spiro atoms. The quantitative estimate of drug-likeness (QED) is 0.580. The van der Waals surface area contributed by atoms with Crippen LogP contribution in [-0.4, -0.2) is 35.8 Å². The van der Waals surface area contributed by atoms with Gasteiger partial charge in [0.1, 0.15) is 0 Å². The van der Waals surface area contributed by atoms with Gasteiger partial charge in [-0.2, -0.15) is 0 Å². The van der Waals surface area contributed by atoms with Gasteiger partial charge in [-0.15, -0.1) is 11.8 Å². The highest BCUT2D eigenvalue weighted by Crippen LogP contribution is 2.15. The molecule has 100 valence electrons. The van der Waals surface area contributed by atoms with Gasteiger partial charge in [-0.05, 0) is 50.4 Å². The van der Waals surface area contributed by atoms with Crippen molar-refractivity contribution in [2.75, 3.05) is 19.8 Å². The Bertz CT molecular complexity index is 365. The Morgan fingerprint density at radius 3 is 2.50 bits per heavy atom. The molecule has 0 saturated heterocycles. The van der Waals surface area contributed by atoms with Gasteiger partial charge in [0.05, 0.1) is 0 Å². The second-order valence-corrected chi connectivity index (χ2v) is 5.32. The Kier molecular flexibility index (Phi) is 6.83. The normalized spacial score (nSPS) is 10.8. The molecular formula is C14H21NO2S. The number of unbranched alkanes of at least 4 members (excludes halogenated alkanes) is 1. The van der Waals surface area contributed by atoms with Crippen molar-refractivity contribution in [1.82, 2.24) is 4.90 Å². The Morgan fingerprint density at radius 2 is 1.94 bits per heavy atom. The minimum absolute atomic E-state index is 0.274. The average Bonchev–Trinajstić information content (AvgIpc) is 2.35. The van der Waals surface area contributed by atoms with Crippen molar-refractivity contribution >= 4 is 17.7 Å². The van der Waals surface area contributed by atoms with Gasteiger partial charge in [-0.3, -0.25) is 4.79 Å². The monoisotopic (exact) mass is 267 g/mol. The number of carboxylic acid groups (broad SMARTS) is 1. The minimum atomic E-state index is -0.703. The maximum Gasteiger partial charge on any atom is 0.303 e. The van der Waals surface area contributed by atoms with Crippen molar-refractivity contribution in [3.05, 3.63) is 29.8 Å². The SMILES string of the molecule is CSc1ccc(CN(C)CCCCC(=O)O)cc1. The van der Waals surface area contributed by atoms with Crippen molar-refractivity contribution in [1.29, 1.82) is 0 Å². The van der Waals surface area contributed by atoms with E-state index in [1.165, 1.54) is 10.5 Å². The first-order valence-corrected chi connectivity index (χ1v) is 7.37. The van der Waals surface area contributed by atoms with Gasteiger partial charge in [0.15, 0.2) is 0 Å². The number of rotatable bonds is 8. The largest absolute Gasteiger partial charge is 0.481 e. The third-order valence-electron chi connectivity index (χ3n) is 2.79. The molecule has 1 aromatic carbocycles. The Morgan fingerprint density at radius 1 is 1.28 bits per heavy atom. The fourth-order valence-corrected chi connectivity index (χ4v) is 2.19. The van der Waals surface area contributed by atoms with E-state index in [9.17, 15) is 4.79 Å². The lowest BCUT2D eigenvalue weighted by atomic mass is 10.2. The van der Waals surface area contributed by atoms with Crippen LogP contribution < -0.4 is 0 Å². The number of aliphatic carboxylic acids is 1.